The molecule has 3 rings (SSSR count). The first-order valence-electron chi connectivity index (χ1n) is 7.10. The Morgan fingerprint density at radius 2 is 1.65 bits per heavy atom. The molecular weight excluding hydrogens is 260 g/mol. The number of rotatable bonds is 3. The monoisotopic (exact) mass is 280 g/mol. The molecule has 0 N–H and O–H groups in total. The van der Waals surface area contributed by atoms with Crippen LogP contribution < -0.4 is 0 Å². The summed E-state index contributed by atoms with van der Waals surface area (Å²) < 4.78 is 6.17. The minimum Gasteiger partial charge on any atom is -0.547 e. The summed E-state index contributed by atoms with van der Waals surface area (Å²) in [5, 5.41) is 0. The molecule has 0 atom stereocenters. The summed E-state index contributed by atoms with van der Waals surface area (Å²) in [6, 6.07) is 17.1. The molecule has 0 spiro atoms. The summed E-state index contributed by atoms with van der Waals surface area (Å²) in [6.07, 6.45) is 3.16. The molecule has 0 radical (unpaired) electrons. The fourth-order valence-corrected chi connectivity index (χ4v) is 3.58. The van der Waals surface area contributed by atoms with Crippen molar-refractivity contribution in [2.75, 3.05) is 0 Å². The molecule has 2 aromatic carbocycles. The van der Waals surface area contributed by atoms with Gasteiger partial charge in [0.15, 0.2) is 0 Å². The highest BCUT2D eigenvalue weighted by Crippen LogP contribution is 2.35. The van der Waals surface area contributed by atoms with Crippen LogP contribution in [0.15, 0.2) is 54.3 Å². The van der Waals surface area contributed by atoms with Crippen LogP contribution in [0, 0.1) is 0 Å². The summed E-state index contributed by atoms with van der Waals surface area (Å²) in [5.41, 5.74) is 5.28. The average Bonchev–Trinajstić information content (AvgIpc) is 2.79. The third kappa shape index (κ3) is 2.70. The molecule has 0 amide bonds. The maximum atomic E-state index is 6.17. The molecule has 20 heavy (non-hydrogen) atoms. The second kappa shape index (κ2) is 4.95. The molecule has 0 saturated heterocycles. The lowest BCUT2D eigenvalue weighted by Crippen LogP contribution is -2.24. The van der Waals surface area contributed by atoms with Gasteiger partial charge in [-0.15, -0.1) is 0 Å². The van der Waals surface area contributed by atoms with Gasteiger partial charge >= 0.3 is 0 Å². The normalized spacial score (nSPS) is 13.8. The molecule has 0 bridgehead atoms. The van der Waals surface area contributed by atoms with Gasteiger partial charge in [-0.2, -0.15) is 0 Å². The summed E-state index contributed by atoms with van der Waals surface area (Å²) >= 11 is 0. The lowest BCUT2D eigenvalue weighted by atomic mass is 9.97. The third-order valence-electron chi connectivity index (χ3n) is 3.39. The molecule has 1 aliphatic carbocycles. The van der Waals surface area contributed by atoms with Crippen LogP contribution in [0.3, 0.4) is 0 Å². The van der Waals surface area contributed by atoms with E-state index in [-0.39, 0.29) is 0 Å². The van der Waals surface area contributed by atoms with Gasteiger partial charge in [0.1, 0.15) is 0 Å². The number of hydrogen-bond donors (Lipinski definition) is 0. The summed E-state index contributed by atoms with van der Waals surface area (Å²) in [7, 11) is -1.53. The summed E-state index contributed by atoms with van der Waals surface area (Å²) in [4.78, 5) is 0. The Morgan fingerprint density at radius 3 is 2.35 bits per heavy atom. The minimum atomic E-state index is -1.53. The van der Waals surface area contributed by atoms with Crippen LogP contribution in [0.2, 0.25) is 19.6 Å². The van der Waals surface area contributed by atoms with Gasteiger partial charge < -0.3 is 4.43 Å². The van der Waals surface area contributed by atoms with Crippen LogP contribution in [-0.2, 0) is 10.8 Å². The van der Waals surface area contributed by atoms with E-state index in [4.69, 9.17) is 4.43 Å². The van der Waals surface area contributed by atoms with E-state index in [1.54, 1.807) is 0 Å². The molecule has 1 aliphatic rings. The fraction of sp³-hybridized carbons (Fsp3) is 0.222. The molecule has 0 unspecified atom stereocenters. The van der Waals surface area contributed by atoms with Crippen molar-refractivity contribution in [3.63, 3.8) is 0 Å². The molecule has 0 saturated carbocycles. The largest absolute Gasteiger partial charge is 0.547 e. The van der Waals surface area contributed by atoms with Crippen molar-refractivity contribution >= 4 is 14.4 Å². The SMILES string of the molecule is C[Si](C)(C)OC1=Cc2c(cccc2-c2ccccc2)C1. The van der Waals surface area contributed by atoms with E-state index >= 15 is 0 Å². The van der Waals surface area contributed by atoms with Crippen LogP contribution >= 0.6 is 0 Å². The lowest BCUT2D eigenvalue weighted by Gasteiger charge is -2.19. The highest BCUT2D eigenvalue weighted by molar-refractivity contribution is 6.70. The molecule has 1 nitrogen and oxygen atoms in total. The van der Waals surface area contributed by atoms with E-state index in [0.717, 1.165) is 12.2 Å². The van der Waals surface area contributed by atoms with Crippen molar-refractivity contribution in [1.29, 1.82) is 0 Å². The minimum absolute atomic E-state index is 0.931. The molecular formula is C18H20OSi. The van der Waals surface area contributed by atoms with Crippen molar-refractivity contribution in [2.45, 2.75) is 26.1 Å². The Bertz CT molecular complexity index is 651. The zero-order chi connectivity index (χ0) is 14.2. The Labute approximate surface area is 122 Å². The van der Waals surface area contributed by atoms with Crippen molar-refractivity contribution in [1.82, 2.24) is 0 Å². The second-order valence-electron chi connectivity index (χ2n) is 6.25. The van der Waals surface area contributed by atoms with Crippen LogP contribution in [0.25, 0.3) is 17.2 Å². The fourth-order valence-electron chi connectivity index (χ4n) is 2.67. The Hall–Kier alpha value is -1.80. The quantitative estimate of drug-likeness (QED) is 0.711. The summed E-state index contributed by atoms with van der Waals surface area (Å²) in [5.74, 6) is 1.13. The predicted molar refractivity (Wildman–Crippen MR) is 88.0 cm³/mol. The molecule has 2 heteroatoms. The molecule has 0 aliphatic heterocycles. The molecule has 0 heterocycles. The molecule has 0 fully saturated rings. The van der Waals surface area contributed by atoms with Gasteiger partial charge in [0, 0.05) is 6.42 Å². The van der Waals surface area contributed by atoms with E-state index < -0.39 is 8.32 Å². The Balaban J connectivity index is 2.00. The number of benzene rings is 2. The number of hydrogen-bond acceptors (Lipinski definition) is 1. The van der Waals surface area contributed by atoms with E-state index in [1.165, 1.54) is 22.3 Å². The van der Waals surface area contributed by atoms with Gasteiger partial charge in [-0.3, -0.25) is 0 Å². The predicted octanol–water partition coefficient (Wildman–Crippen LogP) is 5.10. The average molecular weight is 280 g/mol. The van der Waals surface area contributed by atoms with Gasteiger partial charge in [0.05, 0.1) is 5.76 Å². The summed E-state index contributed by atoms with van der Waals surface area (Å²) in [6.45, 7) is 6.69. The Kier molecular flexibility index (Phi) is 3.26. The zero-order valence-electron chi connectivity index (χ0n) is 12.3. The van der Waals surface area contributed by atoms with Gasteiger partial charge in [-0.1, -0.05) is 48.5 Å². The van der Waals surface area contributed by atoms with E-state index in [2.05, 4.69) is 74.2 Å². The smallest absolute Gasteiger partial charge is 0.241 e. The standard InChI is InChI=1S/C18H20OSi/c1-20(2,3)19-16-12-15-10-7-11-17(18(15)13-16)14-8-5-4-6-9-14/h4-11,13H,12H2,1-3H3. The van der Waals surface area contributed by atoms with Gasteiger partial charge in [-0.25, -0.2) is 0 Å². The van der Waals surface area contributed by atoms with Crippen molar-refractivity contribution < 1.29 is 4.43 Å². The van der Waals surface area contributed by atoms with E-state index in [0.29, 0.717) is 0 Å². The van der Waals surface area contributed by atoms with Crippen LogP contribution in [0.4, 0.5) is 0 Å². The van der Waals surface area contributed by atoms with Crippen LogP contribution in [0.1, 0.15) is 11.1 Å². The van der Waals surface area contributed by atoms with Gasteiger partial charge in [0.2, 0.25) is 8.32 Å². The molecule has 2 aromatic rings. The van der Waals surface area contributed by atoms with Gasteiger partial charge in [0.25, 0.3) is 0 Å². The number of allylic oxidation sites excluding steroid dienone is 1. The van der Waals surface area contributed by atoms with Crippen LogP contribution in [0.5, 0.6) is 0 Å². The first-order valence-corrected chi connectivity index (χ1v) is 10.5. The second-order valence-corrected chi connectivity index (χ2v) is 10.7. The lowest BCUT2D eigenvalue weighted by molar-refractivity contribution is 0.418. The van der Waals surface area contributed by atoms with Crippen molar-refractivity contribution in [3.8, 4) is 11.1 Å². The topological polar surface area (TPSA) is 9.23 Å². The maximum Gasteiger partial charge on any atom is 0.241 e. The maximum absolute atomic E-state index is 6.17. The highest BCUT2D eigenvalue weighted by Gasteiger charge is 2.23. The first kappa shape index (κ1) is 13.2. The van der Waals surface area contributed by atoms with Gasteiger partial charge in [-0.05, 0) is 48.0 Å². The Morgan fingerprint density at radius 1 is 0.900 bits per heavy atom. The van der Waals surface area contributed by atoms with E-state index in [1.807, 2.05) is 0 Å². The van der Waals surface area contributed by atoms with Crippen LogP contribution in [-0.4, -0.2) is 8.32 Å². The third-order valence-corrected chi connectivity index (χ3v) is 4.26. The first-order chi connectivity index (χ1) is 9.53. The highest BCUT2D eigenvalue weighted by atomic mass is 28.4. The van der Waals surface area contributed by atoms with Crippen molar-refractivity contribution in [3.05, 3.63) is 65.4 Å². The molecule has 0 aromatic heterocycles. The number of fused-ring (bicyclic) bond motifs is 1. The van der Waals surface area contributed by atoms with Crippen molar-refractivity contribution in [2.24, 2.45) is 0 Å². The van der Waals surface area contributed by atoms with E-state index in [9.17, 15) is 0 Å². The zero-order valence-corrected chi connectivity index (χ0v) is 13.3. The molecule has 102 valence electrons.